The zero-order chi connectivity index (χ0) is 17.8. The van der Waals surface area contributed by atoms with Crippen LogP contribution >= 0.6 is 0 Å². The summed E-state index contributed by atoms with van der Waals surface area (Å²) in [6.07, 6.45) is 5.83. The van der Waals surface area contributed by atoms with Crippen LogP contribution in [0, 0.1) is 11.8 Å². The molecule has 0 bridgehead atoms. The fraction of sp³-hybridized carbons (Fsp3) is 0.579. The van der Waals surface area contributed by atoms with E-state index in [9.17, 15) is 9.90 Å². The number of carbonyl (C=O) groups excluding carboxylic acids is 1. The van der Waals surface area contributed by atoms with Gasteiger partial charge in [-0.15, -0.1) is 0 Å². The monoisotopic (exact) mass is 345 g/mol. The van der Waals surface area contributed by atoms with Crippen molar-refractivity contribution in [1.82, 2.24) is 14.7 Å². The molecule has 6 nitrogen and oxygen atoms in total. The minimum atomic E-state index is -0.262. The number of nitrogens with zero attached hydrogens (tertiary/aromatic N) is 3. The molecule has 2 aromatic rings. The van der Waals surface area contributed by atoms with Gasteiger partial charge in [0.2, 0.25) is 0 Å². The van der Waals surface area contributed by atoms with Crippen LogP contribution in [0.25, 0.3) is 0 Å². The number of amides is 1. The van der Waals surface area contributed by atoms with Gasteiger partial charge in [-0.1, -0.05) is 13.8 Å². The Morgan fingerprint density at radius 1 is 1.36 bits per heavy atom. The van der Waals surface area contributed by atoms with E-state index in [1.54, 1.807) is 16.9 Å². The Kier molecular flexibility index (Phi) is 5.58. The van der Waals surface area contributed by atoms with Crippen LogP contribution in [-0.2, 0) is 6.54 Å². The smallest absolute Gasteiger partial charge is 0.289 e. The molecule has 1 fully saturated rings. The summed E-state index contributed by atoms with van der Waals surface area (Å²) < 4.78 is 7.46. The van der Waals surface area contributed by atoms with Crippen LogP contribution in [0.2, 0.25) is 0 Å². The van der Waals surface area contributed by atoms with Crippen molar-refractivity contribution in [3.05, 3.63) is 42.1 Å². The maximum atomic E-state index is 12.6. The van der Waals surface area contributed by atoms with E-state index in [0.717, 1.165) is 19.3 Å². The van der Waals surface area contributed by atoms with Gasteiger partial charge in [0.15, 0.2) is 5.76 Å². The highest BCUT2D eigenvalue weighted by atomic mass is 16.4. The van der Waals surface area contributed by atoms with Crippen LogP contribution < -0.4 is 0 Å². The molecule has 136 valence electrons. The molecule has 0 radical (unpaired) electrons. The van der Waals surface area contributed by atoms with E-state index >= 15 is 0 Å². The molecule has 1 saturated heterocycles. The van der Waals surface area contributed by atoms with E-state index in [1.165, 1.54) is 0 Å². The summed E-state index contributed by atoms with van der Waals surface area (Å²) >= 11 is 0. The summed E-state index contributed by atoms with van der Waals surface area (Å²) in [5.74, 6) is 1.81. The van der Waals surface area contributed by atoms with E-state index in [2.05, 4.69) is 18.9 Å². The van der Waals surface area contributed by atoms with Crippen molar-refractivity contribution in [2.75, 3.05) is 13.1 Å². The standard InChI is InChI=1S/C19H27N3O3/c1-14(2)12-17(23)15-6-10-21(11-7-15)19(24)18-5-4-16(25-18)13-22-9-3-8-20-22/h3-5,8-9,14-15,17,23H,6-7,10-13H2,1-2H3/t17-/m0/s1. The van der Waals surface area contributed by atoms with Crippen LogP contribution in [0.3, 0.4) is 0 Å². The van der Waals surface area contributed by atoms with E-state index in [-0.39, 0.29) is 12.0 Å². The molecule has 0 aliphatic carbocycles. The largest absolute Gasteiger partial charge is 0.454 e. The summed E-state index contributed by atoms with van der Waals surface area (Å²) in [4.78, 5) is 14.4. The van der Waals surface area contributed by atoms with E-state index < -0.39 is 0 Å². The Morgan fingerprint density at radius 3 is 2.76 bits per heavy atom. The van der Waals surface area contributed by atoms with Crippen molar-refractivity contribution in [3.63, 3.8) is 0 Å². The number of piperidine rings is 1. The van der Waals surface area contributed by atoms with Crippen LogP contribution in [0.4, 0.5) is 0 Å². The Labute approximate surface area is 148 Å². The predicted molar refractivity (Wildman–Crippen MR) is 94.1 cm³/mol. The molecular weight excluding hydrogens is 318 g/mol. The molecule has 3 rings (SSSR count). The van der Waals surface area contributed by atoms with Crippen molar-refractivity contribution < 1.29 is 14.3 Å². The molecule has 0 unspecified atom stereocenters. The zero-order valence-electron chi connectivity index (χ0n) is 15.0. The number of aliphatic hydroxyl groups excluding tert-OH is 1. The lowest BCUT2D eigenvalue weighted by Crippen LogP contribution is -2.41. The topological polar surface area (TPSA) is 71.5 Å². The van der Waals surface area contributed by atoms with Gasteiger partial charge < -0.3 is 14.4 Å². The van der Waals surface area contributed by atoms with Crippen LogP contribution in [-0.4, -0.2) is 44.9 Å². The quantitative estimate of drug-likeness (QED) is 0.874. The van der Waals surface area contributed by atoms with Crippen LogP contribution in [0.15, 0.2) is 35.0 Å². The van der Waals surface area contributed by atoms with Gasteiger partial charge in [0.1, 0.15) is 5.76 Å². The highest BCUT2D eigenvalue weighted by Crippen LogP contribution is 2.25. The number of hydrogen-bond acceptors (Lipinski definition) is 4. The van der Waals surface area contributed by atoms with Crippen molar-refractivity contribution in [1.29, 1.82) is 0 Å². The number of hydrogen-bond donors (Lipinski definition) is 1. The first-order chi connectivity index (χ1) is 12.0. The van der Waals surface area contributed by atoms with Crippen molar-refractivity contribution in [2.24, 2.45) is 11.8 Å². The summed E-state index contributed by atoms with van der Waals surface area (Å²) in [7, 11) is 0. The molecule has 0 aromatic carbocycles. The number of aromatic nitrogens is 2. The maximum absolute atomic E-state index is 12.6. The minimum Gasteiger partial charge on any atom is -0.454 e. The zero-order valence-corrected chi connectivity index (χ0v) is 15.0. The molecule has 0 saturated carbocycles. The first-order valence-corrected chi connectivity index (χ1v) is 9.06. The van der Waals surface area contributed by atoms with Gasteiger partial charge >= 0.3 is 0 Å². The Bertz CT molecular complexity index is 670. The van der Waals surface area contributed by atoms with Crippen molar-refractivity contribution in [2.45, 2.75) is 45.8 Å². The Hall–Kier alpha value is -2.08. The van der Waals surface area contributed by atoms with Crippen LogP contribution in [0.1, 0.15) is 49.4 Å². The molecular formula is C19H27N3O3. The van der Waals surface area contributed by atoms with Gasteiger partial charge in [-0.05, 0) is 49.3 Å². The molecule has 2 aromatic heterocycles. The molecule has 1 N–H and O–H groups in total. The fourth-order valence-electron chi connectivity index (χ4n) is 3.45. The molecule has 3 heterocycles. The van der Waals surface area contributed by atoms with Crippen molar-refractivity contribution >= 4 is 5.91 Å². The molecule has 6 heteroatoms. The van der Waals surface area contributed by atoms with Gasteiger partial charge in [-0.2, -0.15) is 5.10 Å². The number of aliphatic hydroxyl groups is 1. The van der Waals surface area contributed by atoms with Gasteiger partial charge in [0, 0.05) is 25.5 Å². The van der Waals surface area contributed by atoms with E-state index in [1.807, 2.05) is 23.2 Å². The number of furan rings is 1. The van der Waals surface area contributed by atoms with Gasteiger partial charge in [-0.3, -0.25) is 9.48 Å². The molecule has 1 aliphatic heterocycles. The summed E-state index contributed by atoms with van der Waals surface area (Å²) in [5.41, 5.74) is 0. The first kappa shape index (κ1) is 17.7. The van der Waals surface area contributed by atoms with Gasteiger partial charge in [-0.25, -0.2) is 0 Å². The van der Waals surface area contributed by atoms with Gasteiger partial charge in [0.05, 0.1) is 12.6 Å². The normalized spacial score (nSPS) is 17.2. The Morgan fingerprint density at radius 2 is 2.12 bits per heavy atom. The molecule has 1 atom stereocenters. The highest BCUT2D eigenvalue weighted by molar-refractivity contribution is 5.91. The molecule has 25 heavy (non-hydrogen) atoms. The van der Waals surface area contributed by atoms with Crippen molar-refractivity contribution in [3.8, 4) is 0 Å². The average molecular weight is 345 g/mol. The molecule has 0 spiro atoms. The third kappa shape index (κ3) is 4.51. The second-order valence-electron chi connectivity index (χ2n) is 7.30. The average Bonchev–Trinajstić information content (AvgIpc) is 3.26. The maximum Gasteiger partial charge on any atom is 0.289 e. The summed E-state index contributed by atoms with van der Waals surface area (Å²) in [6, 6.07) is 5.42. The first-order valence-electron chi connectivity index (χ1n) is 9.06. The van der Waals surface area contributed by atoms with E-state index in [4.69, 9.17) is 4.42 Å². The summed E-state index contributed by atoms with van der Waals surface area (Å²) in [6.45, 7) is 6.12. The fourth-order valence-corrected chi connectivity index (χ4v) is 3.45. The Balaban J connectivity index is 1.53. The van der Waals surface area contributed by atoms with E-state index in [0.29, 0.717) is 43.0 Å². The number of likely N-dealkylation sites (tertiary alicyclic amines) is 1. The minimum absolute atomic E-state index is 0.0662. The SMILES string of the molecule is CC(C)C[C@H](O)C1CCN(C(=O)c2ccc(Cn3cccn3)o2)CC1. The summed E-state index contributed by atoms with van der Waals surface area (Å²) in [5, 5.41) is 14.4. The lowest BCUT2D eigenvalue weighted by molar-refractivity contribution is 0.0369. The third-order valence-electron chi connectivity index (χ3n) is 4.83. The lowest BCUT2D eigenvalue weighted by atomic mass is 9.87. The second-order valence-corrected chi connectivity index (χ2v) is 7.30. The molecule has 1 aliphatic rings. The third-order valence-corrected chi connectivity index (χ3v) is 4.83. The van der Waals surface area contributed by atoms with Crippen LogP contribution in [0.5, 0.6) is 0 Å². The second kappa shape index (κ2) is 7.87. The lowest BCUT2D eigenvalue weighted by Gasteiger charge is -2.34. The van der Waals surface area contributed by atoms with Gasteiger partial charge in [0.25, 0.3) is 5.91 Å². The highest BCUT2D eigenvalue weighted by Gasteiger charge is 2.29. The number of carbonyl (C=O) groups is 1. The number of rotatable bonds is 6. The predicted octanol–water partition coefficient (Wildman–Crippen LogP) is 2.78. The molecule has 1 amide bonds.